The van der Waals surface area contributed by atoms with Crippen LogP contribution in [0.5, 0.6) is 0 Å². The minimum absolute atomic E-state index is 0.145. The van der Waals surface area contributed by atoms with Gasteiger partial charge in [-0.05, 0) is 30.3 Å². The number of benzene rings is 2. The van der Waals surface area contributed by atoms with Gasteiger partial charge in [0.15, 0.2) is 0 Å². The Labute approximate surface area is 199 Å². The van der Waals surface area contributed by atoms with Gasteiger partial charge in [-0.1, -0.05) is 33.2 Å². The maximum Gasteiger partial charge on any atom is 0.470 e. The average molecular weight is 539 g/mol. The number of aromatic nitrogens is 1. The zero-order valence-electron chi connectivity index (χ0n) is 17.5. The van der Waals surface area contributed by atoms with Gasteiger partial charge in [0, 0.05) is 5.56 Å². The Morgan fingerprint density at radius 3 is 1.97 bits per heavy atom. The van der Waals surface area contributed by atoms with Crippen molar-refractivity contribution in [2.24, 2.45) is 10.8 Å². The summed E-state index contributed by atoms with van der Waals surface area (Å²) >= 11 is 0.682. The second-order valence-corrected chi connectivity index (χ2v) is 8.68. The van der Waals surface area contributed by atoms with Crippen LogP contribution in [-0.2, 0) is 23.7 Å². The van der Waals surface area contributed by atoms with Crippen LogP contribution in [0.15, 0.2) is 58.8 Å². The van der Waals surface area contributed by atoms with E-state index in [1.54, 1.807) is 6.07 Å². The van der Waals surface area contributed by atoms with Gasteiger partial charge in [-0.15, -0.1) is 0 Å². The number of allylic oxidation sites excluding steroid dienone is 1. The zero-order chi connectivity index (χ0) is 26.7. The maximum absolute atomic E-state index is 14.3. The van der Waals surface area contributed by atoms with Crippen LogP contribution in [0.25, 0.3) is 10.2 Å². The van der Waals surface area contributed by atoms with E-state index in [0.29, 0.717) is 34.4 Å². The van der Waals surface area contributed by atoms with Crippen molar-refractivity contribution >= 4 is 38.8 Å². The number of hydrogen-bond donors (Lipinski definition) is 1. The summed E-state index contributed by atoms with van der Waals surface area (Å²) in [6, 6.07) is 6.49. The molecular weight excluding hydrogens is 527 g/mol. The highest BCUT2D eigenvalue weighted by Crippen LogP contribution is 2.48. The first-order valence-corrected chi connectivity index (χ1v) is 10.5. The van der Waals surface area contributed by atoms with E-state index in [1.165, 1.54) is 18.2 Å². The van der Waals surface area contributed by atoms with E-state index in [-0.39, 0.29) is 11.6 Å². The van der Waals surface area contributed by atoms with E-state index in [2.05, 4.69) is 10.1 Å². The molecule has 15 heteroatoms. The van der Waals surface area contributed by atoms with Gasteiger partial charge < -0.3 is 5.73 Å². The van der Waals surface area contributed by atoms with E-state index in [1.807, 2.05) is 0 Å². The van der Waals surface area contributed by atoms with Gasteiger partial charge in [-0.3, -0.25) is 4.79 Å². The SMILES string of the molecule is NC(=O)C1=C(C(F)(F)F)[N+](Cc2cc(C(F)(F)F)cc(C(F)(F)F)c2)(c2nc3ccccc3s2)N=C1. The molecule has 36 heavy (non-hydrogen) atoms. The summed E-state index contributed by atoms with van der Waals surface area (Å²) in [5.41, 5.74) is -1.67. The van der Waals surface area contributed by atoms with Crippen LogP contribution in [0.2, 0.25) is 0 Å². The maximum atomic E-state index is 14.3. The fourth-order valence-electron chi connectivity index (χ4n) is 3.74. The van der Waals surface area contributed by atoms with Crippen molar-refractivity contribution in [1.82, 2.24) is 9.58 Å². The molecule has 1 aliphatic heterocycles. The third-order valence-electron chi connectivity index (χ3n) is 5.20. The summed E-state index contributed by atoms with van der Waals surface area (Å²) in [5.74, 6) is -1.53. The van der Waals surface area contributed by atoms with Crippen molar-refractivity contribution in [2.75, 3.05) is 0 Å². The molecule has 0 aliphatic carbocycles. The lowest BCUT2D eigenvalue weighted by Crippen LogP contribution is -2.46. The number of alkyl halides is 9. The second kappa shape index (κ2) is 8.30. The smallest absolute Gasteiger partial charge is 0.365 e. The molecule has 3 aromatic rings. The molecule has 0 bridgehead atoms. The second-order valence-electron chi connectivity index (χ2n) is 7.67. The average Bonchev–Trinajstić information content (AvgIpc) is 3.35. The molecule has 0 radical (unpaired) electrons. The largest absolute Gasteiger partial charge is 0.470 e. The highest BCUT2D eigenvalue weighted by Gasteiger charge is 2.59. The Morgan fingerprint density at radius 1 is 0.889 bits per heavy atom. The number of hydrogen-bond acceptors (Lipinski definition) is 4. The standard InChI is InChI=1S/C21H11F9N4OS/c22-19(23,24)11-5-10(6-12(7-11)20(25,26)27)9-34(18-33-14-3-1-2-4-15(14)36-18)16(21(28,29)30)13(8-32-34)17(31)35/h1-8H,9H2,(H-,31,35)/p+1. The van der Waals surface area contributed by atoms with Crippen LogP contribution in [0, 0.1) is 0 Å². The first-order valence-electron chi connectivity index (χ1n) is 9.72. The van der Waals surface area contributed by atoms with E-state index in [9.17, 15) is 44.3 Å². The van der Waals surface area contributed by atoms with Crippen molar-refractivity contribution in [2.45, 2.75) is 25.1 Å². The predicted molar refractivity (Wildman–Crippen MR) is 112 cm³/mol. The molecule has 0 fully saturated rings. The van der Waals surface area contributed by atoms with E-state index >= 15 is 0 Å². The Hall–Kier alpha value is -3.46. The van der Waals surface area contributed by atoms with E-state index in [0.717, 1.165) is 0 Å². The van der Waals surface area contributed by atoms with Gasteiger partial charge in [0.2, 0.25) is 0 Å². The number of nitrogens with zero attached hydrogens (tertiary/aromatic N) is 3. The number of thiazole rings is 1. The van der Waals surface area contributed by atoms with Crippen LogP contribution in [0.4, 0.5) is 44.6 Å². The number of carbonyl (C=O) groups excluding carboxylic acids is 1. The van der Waals surface area contributed by atoms with Crippen molar-refractivity contribution in [3.05, 3.63) is 70.4 Å². The third kappa shape index (κ3) is 4.55. The fraction of sp³-hybridized carbons (Fsp3) is 0.190. The molecule has 2 aromatic carbocycles. The molecule has 1 atom stereocenters. The summed E-state index contributed by atoms with van der Waals surface area (Å²) in [5, 5.41) is 3.32. The summed E-state index contributed by atoms with van der Waals surface area (Å²) in [4.78, 5) is 15.9. The Kier molecular flexibility index (Phi) is 5.91. The molecule has 5 nitrogen and oxygen atoms in total. The molecule has 2 N–H and O–H groups in total. The number of halogens is 9. The predicted octanol–water partition coefficient (Wildman–Crippen LogP) is 6.14. The number of carbonyl (C=O) groups is 1. The molecule has 190 valence electrons. The molecule has 4 rings (SSSR count). The Bertz CT molecular complexity index is 1350. The first kappa shape index (κ1) is 25.6. The van der Waals surface area contributed by atoms with Gasteiger partial charge in [0.1, 0.15) is 18.3 Å². The number of primary amides is 1. The fourth-order valence-corrected chi connectivity index (χ4v) is 4.80. The monoisotopic (exact) mass is 539 g/mol. The quantitative estimate of drug-likeness (QED) is 0.320. The van der Waals surface area contributed by atoms with Crippen molar-refractivity contribution in [1.29, 1.82) is 0 Å². The highest BCUT2D eigenvalue weighted by molar-refractivity contribution is 7.22. The summed E-state index contributed by atoms with van der Waals surface area (Å²) in [7, 11) is 0. The molecule has 1 unspecified atom stereocenters. The lowest BCUT2D eigenvalue weighted by atomic mass is 10.0. The molecule has 0 spiro atoms. The van der Waals surface area contributed by atoms with Crippen molar-refractivity contribution < 1.29 is 44.3 Å². The topological polar surface area (TPSA) is 68.3 Å². The lowest BCUT2D eigenvalue weighted by molar-refractivity contribution is -0.143. The van der Waals surface area contributed by atoms with Crippen LogP contribution < -0.4 is 10.3 Å². The number of para-hydroxylation sites is 1. The van der Waals surface area contributed by atoms with Gasteiger partial charge in [0.25, 0.3) is 11.6 Å². The molecular formula is C21H12F9N4OS+. The van der Waals surface area contributed by atoms with E-state index < -0.39 is 68.7 Å². The number of nitrogens with two attached hydrogens (primary N) is 1. The van der Waals surface area contributed by atoms with Crippen LogP contribution >= 0.6 is 11.3 Å². The minimum atomic E-state index is -5.31. The molecule has 0 saturated heterocycles. The Balaban J connectivity index is 2.01. The number of amides is 1. The van der Waals surface area contributed by atoms with Crippen molar-refractivity contribution in [3.63, 3.8) is 0 Å². The molecule has 1 aliphatic rings. The normalized spacial score (nSPS) is 18.9. The van der Waals surface area contributed by atoms with Gasteiger partial charge in [0.05, 0.1) is 21.3 Å². The summed E-state index contributed by atoms with van der Waals surface area (Å²) in [6.07, 6.45) is -15.3. The van der Waals surface area contributed by atoms with Crippen molar-refractivity contribution in [3.8, 4) is 0 Å². The van der Waals surface area contributed by atoms with Crippen LogP contribution in [0.3, 0.4) is 0 Å². The van der Waals surface area contributed by atoms with Crippen LogP contribution in [0.1, 0.15) is 16.7 Å². The summed E-state index contributed by atoms with van der Waals surface area (Å²) in [6.45, 7) is -1.17. The zero-order valence-corrected chi connectivity index (χ0v) is 18.3. The van der Waals surface area contributed by atoms with Gasteiger partial charge in [-0.2, -0.15) is 44.5 Å². The number of quaternary nitrogens is 1. The lowest BCUT2D eigenvalue weighted by Gasteiger charge is -2.29. The van der Waals surface area contributed by atoms with Gasteiger partial charge in [-0.25, -0.2) is 0 Å². The highest BCUT2D eigenvalue weighted by atomic mass is 32.1. The minimum Gasteiger partial charge on any atom is -0.365 e. The molecule has 1 amide bonds. The third-order valence-corrected chi connectivity index (χ3v) is 6.34. The van der Waals surface area contributed by atoms with E-state index in [4.69, 9.17) is 5.73 Å². The molecule has 0 saturated carbocycles. The number of rotatable bonds is 4. The Morgan fingerprint density at radius 2 is 1.47 bits per heavy atom. The molecule has 2 heterocycles. The number of fused-ring (bicyclic) bond motifs is 1. The summed E-state index contributed by atoms with van der Waals surface area (Å²) < 4.78 is 122. The van der Waals surface area contributed by atoms with Gasteiger partial charge >= 0.3 is 23.7 Å². The van der Waals surface area contributed by atoms with Crippen LogP contribution in [-0.4, -0.2) is 23.3 Å². The first-order chi connectivity index (χ1) is 16.5. The molecule has 1 aromatic heterocycles.